The van der Waals surface area contributed by atoms with Crippen LogP contribution in [0.3, 0.4) is 0 Å². The molecule has 1 heterocycles. The number of carbonyl (C=O) groups is 1. The quantitative estimate of drug-likeness (QED) is 0.626. The molecule has 0 radical (unpaired) electrons. The van der Waals surface area contributed by atoms with Gasteiger partial charge in [0.25, 0.3) is 0 Å². The summed E-state index contributed by atoms with van der Waals surface area (Å²) in [5.41, 5.74) is 0.677. The van der Waals surface area contributed by atoms with Crippen molar-refractivity contribution in [3.05, 3.63) is 40.9 Å². The predicted molar refractivity (Wildman–Crippen MR) is 69.7 cm³/mol. The number of aromatic hydroxyl groups is 1. The van der Waals surface area contributed by atoms with Crippen molar-refractivity contribution in [2.24, 2.45) is 0 Å². The SMILES string of the molecule is O=C(Cc1cccc(O)c1)Nc1ncc(C(O)O)s1. The first-order chi connectivity index (χ1) is 9.04. The van der Waals surface area contributed by atoms with E-state index in [4.69, 9.17) is 10.2 Å². The Morgan fingerprint density at radius 3 is 2.84 bits per heavy atom. The number of nitrogens with zero attached hydrogens (tertiary/aromatic N) is 1. The van der Waals surface area contributed by atoms with Crippen LogP contribution in [0.4, 0.5) is 5.13 Å². The fourth-order valence-corrected chi connectivity index (χ4v) is 2.18. The number of amides is 1. The van der Waals surface area contributed by atoms with Crippen LogP contribution in [0.25, 0.3) is 0 Å². The van der Waals surface area contributed by atoms with E-state index < -0.39 is 6.29 Å². The standard InChI is InChI=1S/C12H12N2O4S/c15-8-3-1-2-7(4-8)5-10(16)14-12-13-6-9(19-12)11(17)18/h1-4,6,11,15,17-18H,5H2,(H,13,14,16). The molecule has 2 rings (SSSR count). The molecule has 0 atom stereocenters. The van der Waals surface area contributed by atoms with Gasteiger partial charge in [-0.2, -0.15) is 0 Å². The summed E-state index contributed by atoms with van der Waals surface area (Å²) in [7, 11) is 0. The van der Waals surface area contributed by atoms with Crippen molar-refractivity contribution in [2.75, 3.05) is 5.32 Å². The lowest BCUT2D eigenvalue weighted by atomic mass is 10.1. The zero-order chi connectivity index (χ0) is 13.8. The number of nitrogens with one attached hydrogen (secondary N) is 1. The van der Waals surface area contributed by atoms with Gasteiger partial charge in [-0.15, -0.1) is 0 Å². The van der Waals surface area contributed by atoms with Crippen molar-refractivity contribution in [1.82, 2.24) is 4.98 Å². The van der Waals surface area contributed by atoms with Gasteiger partial charge in [-0.05, 0) is 17.7 Å². The minimum atomic E-state index is -1.59. The zero-order valence-corrected chi connectivity index (χ0v) is 10.6. The molecule has 0 aliphatic carbocycles. The smallest absolute Gasteiger partial charge is 0.230 e. The van der Waals surface area contributed by atoms with Crippen molar-refractivity contribution in [3.63, 3.8) is 0 Å². The summed E-state index contributed by atoms with van der Waals surface area (Å²) in [6.45, 7) is 0. The lowest BCUT2D eigenvalue weighted by Crippen LogP contribution is -2.14. The Morgan fingerprint density at radius 1 is 1.42 bits per heavy atom. The van der Waals surface area contributed by atoms with Crippen LogP contribution >= 0.6 is 11.3 Å². The van der Waals surface area contributed by atoms with E-state index in [0.717, 1.165) is 11.3 Å². The Hall–Kier alpha value is -1.96. The third-order valence-electron chi connectivity index (χ3n) is 2.30. The normalized spacial score (nSPS) is 10.7. The monoisotopic (exact) mass is 280 g/mol. The number of aliphatic hydroxyl groups is 2. The molecule has 0 unspecified atom stereocenters. The molecule has 1 aromatic heterocycles. The van der Waals surface area contributed by atoms with Gasteiger partial charge in [0.1, 0.15) is 5.75 Å². The number of phenolic OH excluding ortho intramolecular Hbond substituents is 1. The number of hydrogen-bond donors (Lipinski definition) is 4. The number of rotatable bonds is 4. The van der Waals surface area contributed by atoms with Crippen molar-refractivity contribution >= 4 is 22.4 Å². The molecule has 0 spiro atoms. The lowest BCUT2D eigenvalue weighted by molar-refractivity contribution is -0.115. The molecule has 6 nitrogen and oxygen atoms in total. The average molecular weight is 280 g/mol. The summed E-state index contributed by atoms with van der Waals surface area (Å²) in [4.78, 5) is 15.8. The summed E-state index contributed by atoms with van der Waals surface area (Å²) in [5, 5.41) is 30.0. The van der Waals surface area contributed by atoms with E-state index in [1.54, 1.807) is 12.1 Å². The molecular formula is C12H12N2O4S. The minimum absolute atomic E-state index is 0.102. The van der Waals surface area contributed by atoms with Gasteiger partial charge in [0.2, 0.25) is 5.91 Å². The van der Waals surface area contributed by atoms with Crippen LogP contribution in [0.2, 0.25) is 0 Å². The van der Waals surface area contributed by atoms with Crippen molar-refractivity contribution in [2.45, 2.75) is 12.7 Å². The van der Waals surface area contributed by atoms with Gasteiger partial charge in [0, 0.05) is 6.20 Å². The number of phenols is 1. The molecule has 0 fully saturated rings. The van der Waals surface area contributed by atoms with Gasteiger partial charge < -0.3 is 20.6 Å². The highest BCUT2D eigenvalue weighted by atomic mass is 32.1. The third kappa shape index (κ3) is 3.75. The number of benzene rings is 1. The maximum Gasteiger partial charge on any atom is 0.230 e. The summed E-state index contributed by atoms with van der Waals surface area (Å²) >= 11 is 0.991. The van der Waals surface area contributed by atoms with Crippen LogP contribution in [0.5, 0.6) is 5.75 Å². The maximum atomic E-state index is 11.7. The predicted octanol–water partition coefficient (Wildman–Crippen LogP) is 1.01. The average Bonchev–Trinajstić information content (AvgIpc) is 2.77. The molecule has 19 heavy (non-hydrogen) atoms. The van der Waals surface area contributed by atoms with E-state index in [2.05, 4.69) is 10.3 Å². The van der Waals surface area contributed by atoms with Gasteiger partial charge >= 0.3 is 0 Å². The molecule has 1 aromatic carbocycles. The second kappa shape index (κ2) is 5.79. The first kappa shape index (κ1) is 13.5. The summed E-state index contributed by atoms with van der Waals surface area (Å²) in [6, 6.07) is 6.41. The zero-order valence-electron chi connectivity index (χ0n) is 9.78. The van der Waals surface area contributed by atoms with Gasteiger partial charge in [-0.1, -0.05) is 23.5 Å². The van der Waals surface area contributed by atoms with Gasteiger partial charge in [-0.3, -0.25) is 4.79 Å². The fraction of sp³-hybridized carbons (Fsp3) is 0.167. The number of thiazole rings is 1. The topological polar surface area (TPSA) is 103 Å². The molecule has 0 aliphatic heterocycles. The van der Waals surface area contributed by atoms with Crippen LogP contribution in [0, 0.1) is 0 Å². The molecule has 1 amide bonds. The molecule has 0 aliphatic rings. The molecular weight excluding hydrogens is 268 g/mol. The first-order valence-electron chi connectivity index (χ1n) is 5.44. The van der Waals surface area contributed by atoms with E-state index in [-0.39, 0.29) is 23.0 Å². The molecule has 7 heteroatoms. The van der Waals surface area contributed by atoms with Crippen LogP contribution < -0.4 is 5.32 Å². The molecule has 0 bridgehead atoms. The molecule has 100 valence electrons. The van der Waals surface area contributed by atoms with Gasteiger partial charge in [0.15, 0.2) is 11.4 Å². The molecule has 4 N–H and O–H groups in total. The highest BCUT2D eigenvalue weighted by Gasteiger charge is 2.11. The second-order valence-corrected chi connectivity index (χ2v) is 4.90. The van der Waals surface area contributed by atoms with E-state index in [9.17, 15) is 9.90 Å². The summed E-state index contributed by atoms with van der Waals surface area (Å²) < 4.78 is 0. The largest absolute Gasteiger partial charge is 0.508 e. The van der Waals surface area contributed by atoms with E-state index in [0.29, 0.717) is 10.7 Å². The van der Waals surface area contributed by atoms with Gasteiger partial charge in [-0.25, -0.2) is 4.98 Å². The van der Waals surface area contributed by atoms with Crippen LogP contribution in [0.1, 0.15) is 16.7 Å². The summed E-state index contributed by atoms with van der Waals surface area (Å²) in [6.07, 6.45) is -0.196. The van der Waals surface area contributed by atoms with E-state index in [1.165, 1.54) is 18.3 Å². The van der Waals surface area contributed by atoms with E-state index in [1.807, 2.05) is 0 Å². The number of hydrogen-bond acceptors (Lipinski definition) is 6. The third-order valence-corrected chi connectivity index (χ3v) is 3.25. The Balaban J connectivity index is 1.97. The Morgan fingerprint density at radius 2 is 2.21 bits per heavy atom. The van der Waals surface area contributed by atoms with Crippen LogP contribution in [-0.2, 0) is 11.2 Å². The Kier molecular flexibility index (Phi) is 4.10. The highest BCUT2D eigenvalue weighted by molar-refractivity contribution is 7.15. The Labute approximate surface area is 113 Å². The number of aliphatic hydroxyl groups excluding tert-OH is 1. The fourth-order valence-electron chi connectivity index (χ4n) is 1.48. The highest BCUT2D eigenvalue weighted by Crippen LogP contribution is 2.23. The minimum Gasteiger partial charge on any atom is -0.508 e. The number of carbonyl (C=O) groups excluding carboxylic acids is 1. The van der Waals surface area contributed by atoms with Gasteiger partial charge in [0.05, 0.1) is 11.3 Å². The Bertz CT molecular complexity index is 583. The van der Waals surface area contributed by atoms with Crippen LogP contribution in [0.15, 0.2) is 30.5 Å². The molecule has 2 aromatic rings. The number of anilines is 1. The lowest BCUT2D eigenvalue weighted by Gasteiger charge is -2.02. The van der Waals surface area contributed by atoms with Crippen LogP contribution in [-0.4, -0.2) is 26.2 Å². The van der Waals surface area contributed by atoms with E-state index >= 15 is 0 Å². The van der Waals surface area contributed by atoms with Crippen molar-refractivity contribution < 1.29 is 20.1 Å². The second-order valence-electron chi connectivity index (χ2n) is 3.84. The van der Waals surface area contributed by atoms with Crippen molar-refractivity contribution in [1.29, 1.82) is 0 Å². The molecule has 0 saturated heterocycles. The maximum absolute atomic E-state index is 11.7. The van der Waals surface area contributed by atoms with Crippen molar-refractivity contribution in [3.8, 4) is 5.75 Å². The summed E-state index contributed by atoms with van der Waals surface area (Å²) in [5.74, 6) is -0.191. The first-order valence-corrected chi connectivity index (χ1v) is 6.26. The molecule has 0 saturated carbocycles. The number of aromatic nitrogens is 1.